The van der Waals surface area contributed by atoms with Crippen LogP contribution in [0.15, 0.2) is 138 Å². The van der Waals surface area contributed by atoms with Crippen molar-refractivity contribution in [2.45, 2.75) is 11.1 Å². The minimum atomic E-state index is 0.296. The summed E-state index contributed by atoms with van der Waals surface area (Å²) in [4.78, 5) is 0. The molecule has 5 heteroatoms. The van der Waals surface area contributed by atoms with Crippen molar-refractivity contribution in [1.29, 1.82) is 0 Å². The number of nitrogens with zero attached hydrogens (tertiary/aromatic N) is 1. The third-order valence-corrected chi connectivity index (χ3v) is 9.39. The highest BCUT2D eigenvalue weighted by atomic mass is 32.2. The van der Waals surface area contributed by atoms with Crippen LogP contribution >= 0.6 is 23.5 Å². The van der Waals surface area contributed by atoms with Crippen molar-refractivity contribution in [3.8, 4) is 27.9 Å². The maximum Gasteiger partial charge on any atom is 0.102 e. The predicted octanol–water partition coefficient (Wildman–Crippen LogP) is 9.59. The van der Waals surface area contributed by atoms with Crippen LogP contribution in [0.5, 0.6) is 0 Å². The Labute approximate surface area is 248 Å². The Morgan fingerprint density at radius 3 is 1.93 bits per heavy atom. The molecule has 1 unspecified atom stereocenters. The molecule has 0 spiro atoms. The zero-order valence-electron chi connectivity index (χ0n) is 22.4. The summed E-state index contributed by atoms with van der Waals surface area (Å²) in [5, 5.41) is 10.2. The molecule has 0 radical (unpaired) electrons. The fraction of sp³-hybridized carbons (Fsp3) is 0.0556. The molecule has 1 atom stereocenters. The average molecular weight is 568 g/mol. The van der Waals surface area contributed by atoms with Gasteiger partial charge in [-0.2, -0.15) is 0 Å². The molecule has 1 aliphatic heterocycles. The molecule has 0 saturated carbocycles. The zero-order valence-corrected chi connectivity index (χ0v) is 24.0. The van der Waals surface area contributed by atoms with Gasteiger partial charge in [0.05, 0.1) is 11.0 Å². The number of rotatable bonds is 7. The number of fused-ring (bicyclic) bond motifs is 3. The molecule has 3 nitrogen and oxygen atoms in total. The van der Waals surface area contributed by atoms with Crippen LogP contribution in [0.25, 0.3) is 49.7 Å². The van der Waals surface area contributed by atoms with Crippen LogP contribution < -0.4 is 11.1 Å². The zero-order chi connectivity index (χ0) is 27.6. The third-order valence-electron chi connectivity index (χ3n) is 7.57. The van der Waals surface area contributed by atoms with Crippen LogP contribution in [0.4, 0.5) is 0 Å². The molecule has 200 valence electrons. The molecular weight excluding hydrogens is 539 g/mol. The summed E-state index contributed by atoms with van der Waals surface area (Å²) in [7, 11) is 0. The van der Waals surface area contributed by atoms with Crippen LogP contribution in [0.2, 0.25) is 0 Å². The average Bonchev–Trinajstić information content (AvgIpc) is 3.68. The highest BCUT2D eigenvalue weighted by Crippen LogP contribution is 2.38. The van der Waals surface area contributed by atoms with E-state index >= 15 is 0 Å². The minimum absolute atomic E-state index is 0.296. The van der Waals surface area contributed by atoms with Gasteiger partial charge in [0.2, 0.25) is 0 Å². The van der Waals surface area contributed by atoms with Crippen molar-refractivity contribution in [2.24, 2.45) is 5.73 Å². The first-order valence-electron chi connectivity index (χ1n) is 13.7. The van der Waals surface area contributed by atoms with E-state index in [0.29, 0.717) is 5.37 Å². The summed E-state index contributed by atoms with van der Waals surface area (Å²) in [5.74, 6) is 0.911. The van der Waals surface area contributed by atoms with Gasteiger partial charge < -0.3 is 15.6 Å². The van der Waals surface area contributed by atoms with Crippen LogP contribution in [0.3, 0.4) is 0 Å². The first kappa shape index (κ1) is 25.6. The van der Waals surface area contributed by atoms with E-state index in [-0.39, 0.29) is 0 Å². The predicted molar refractivity (Wildman–Crippen MR) is 179 cm³/mol. The quantitative estimate of drug-likeness (QED) is 0.202. The summed E-state index contributed by atoms with van der Waals surface area (Å²) >= 11 is 3.50. The monoisotopic (exact) mass is 567 g/mol. The lowest BCUT2D eigenvalue weighted by Crippen LogP contribution is -2.06. The molecule has 0 saturated heterocycles. The summed E-state index contributed by atoms with van der Waals surface area (Å²) in [6, 6.07) is 42.2. The SMILES string of the molecule is N/C=C\SCc1ccc(-c2ccc3c4ccc(-c5ccc(C6NC=CS6)cc5)cc4n(-c4ccccc4)c3c2)cc1. The highest BCUT2D eigenvalue weighted by Gasteiger charge is 2.16. The molecular formula is C36H29N3S2. The van der Waals surface area contributed by atoms with Gasteiger partial charge in [-0.15, -0.1) is 23.5 Å². The van der Waals surface area contributed by atoms with Gasteiger partial charge in [-0.1, -0.05) is 91.0 Å². The molecule has 1 aliphatic rings. The lowest BCUT2D eigenvalue weighted by molar-refractivity contribution is 0.862. The Hall–Kier alpha value is -4.32. The highest BCUT2D eigenvalue weighted by molar-refractivity contribution is 8.02. The molecule has 2 heterocycles. The van der Waals surface area contributed by atoms with E-state index in [1.165, 1.54) is 55.2 Å². The van der Waals surface area contributed by atoms with E-state index < -0.39 is 0 Å². The number of hydrogen-bond acceptors (Lipinski definition) is 4. The van der Waals surface area contributed by atoms with Crippen LogP contribution in [0, 0.1) is 0 Å². The van der Waals surface area contributed by atoms with Gasteiger partial charge in [-0.25, -0.2) is 0 Å². The number of hydrogen-bond donors (Lipinski definition) is 2. The maximum absolute atomic E-state index is 5.48. The van der Waals surface area contributed by atoms with Gasteiger partial charge in [0, 0.05) is 34.6 Å². The van der Waals surface area contributed by atoms with Crippen molar-refractivity contribution in [2.75, 3.05) is 0 Å². The Bertz CT molecular complexity index is 1880. The van der Waals surface area contributed by atoms with Gasteiger partial charge in [0.1, 0.15) is 5.37 Å². The number of para-hydroxylation sites is 1. The lowest BCUT2D eigenvalue weighted by atomic mass is 10.0. The molecule has 0 aliphatic carbocycles. The van der Waals surface area contributed by atoms with Crippen LogP contribution in [0.1, 0.15) is 16.5 Å². The maximum atomic E-state index is 5.48. The van der Waals surface area contributed by atoms with E-state index in [1.807, 2.05) is 11.6 Å². The first-order chi connectivity index (χ1) is 20.3. The second kappa shape index (κ2) is 11.3. The Morgan fingerprint density at radius 2 is 1.34 bits per heavy atom. The molecule has 5 aromatic carbocycles. The lowest BCUT2D eigenvalue weighted by Gasteiger charge is -2.12. The standard InChI is InChI=1S/C36H29N3S2/c37-18-20-40-24-25-6-8-26(9-7-25)29-14-16-32-33-17-15-30(27-10-12-28(13-11-27)36-38-19-21-41-36)23-35(33)39(34(32)22-29)31-4-2-1-3-5-31/h1-23,36,38H,24,37H2/b20-18-. The normalized spacial score (nSPS) is 14.8. The summed E-state index contributed by atoms with van der Waals surface area (Å²) in [6.07, 6.45) is 3.60. The minimum Gasteiger partial charge on any atom is -0.404 e. The van der Waals surface area contributed by atoms with Gasteiger partial charge in [-0.05, 0) is 68.5 Å². The molecule has 7 rings (SSSR count). The Kier molecular flexibility index (Phi) is 7.05. The largest absolute Gasteiger partial charge is 0.404 e. The summed E-state index contributed by atoms with van der Waals surface area (Å²) in [5.41, 5.74) is 16.5. The van der Waals surface area contributed by atoms with Crippen molar-refractivity contribution < 1.29 is 0 Å². The topological polar surface area (TPSA) is 43.0 Å². The van der Waals surface area contributed by atoms with Gasteiger partial charge in [-0.3, -0.25) is 0 Å². The molecule has 6 aromatic rings. The van der Waals surface area contributed by atoms with E-state index in [9.17, 15) is 0 Å². The molecule has 41 heavy (non-hydrogen) atoms. The smallest absolute Gasteiger partial charge is 0.102 e. The van der Waals surface area contributed by atoms with Gasteiger partial charge in [0.15, 0.2) is 0 Å². The summed E-state index contributed by atoms with van der Waals surface area (Å²) < 4.78 is 2.40. The molecule has 3 N–H and O–H groups in total. The van der Waals surface area contributed by atoms with Crippen molar-refractivity contribution in [1.82, 2.24) is 9.88 Å². The number of nitrogens with two attached hydrogens (primary N) is 1. The van der Waals surface area contributed by atoms with Crippen molar-refractivity contribution in [3.05, 3.63) is 150 Å². The number of benzene rings is 5. The molecule has 1 aromatic heterocycles. The molecule has 0 amide bonds. The van der Waals surface area contributed by atoms with E-state index in [0.717, 1.165) is 11.4 Å². The number of nitrogens with one attached hydrogen (secondary N) is 1. The van der Waals surface area contributed by atoms with Gasteiger partial charge in [0.25, 0.3) is 0 Å². The second-order valence-electron chi connectivity index (χ2n) is 10.1. The fourth-order valence-electron chi connectivity index (χ4n) is 5.54. The van der Waals surface area contributed by atoms with Crippen molar-refractivity contribution >= 4 is 45.3 Å². The Morgan fingerprint density at radius 1 is 0.732 bits per heavy atom. The number of aromatic nitrogens is 1. The second-order valence-corrected chi connectivity index (χ2v) is 12.0. The van der Waals surface area contributed by atoms with E-state index in [2.05, 4.69) is 131 Å². The van der Waals surface area contributed by atoms with E-state index in [4.69, 9.17) is 5.73 Å². The third kappa shape index (κ3) is 5.03. The fourth-order valence-corrected chi connectivity index (χ4v) is 6.91. The molecule has 0 fully saturated rings. The summed E-state index contributed by atoms with van der Waals surface area (Å²) in [6.45, 7) is 0. The number of thioether (sulfide) groups is 2. The Balaban J connectivity index is 1.32. The molecule has 0 bridgehead atoms. The van der Waals surface area contributed by atoms with E-state index in [1.54, 1.807) is 29.7 Å². The van der Waals surface area contributed by atoms with Gasteiger partial charge >= 0.3 is 0 Å². The van der Waals surface area contributed by atoms with Crippen LogP contribution in [-0.4, -0.2) is 4.57 Å². The first-order valence-corrected chi connectivity index (χ1v) is 15.7. The van der Waals surface area contributed by atoms with Crippen LogP contribution in [-0.2, 0) is 5.75 Å². The van der Waals surface area contributed by atoms with Crippen molar-refractivity contribution in [3.63, 3.8) is 0 Å².